The van der Waals surface area contributed by atoms with Crippen molar-refractivity contribution in [2.45, 2.75) is 12.8 Å². The lowest BCUT2D eigenvalue weighted by Gasteiger charge is -2.06. The summed E-state index contributed by atoms with van der Waals surface area (Å²) in [6, 6.07) is 14.5. The van der Waals surface area contributed by atoms with Crippen LogP contribution in [0.4, 0.5) is 0 Å². The zero-order valence-corrected chi connectivity index (χ0v) is 16.0. The predicted octanol–water partition coefficient (Wildman–Crippen LogP) is 3.12. The summed E-state index contributed by atoms with van der Waals surface area (Å²) in [7, 11) is 1.60. The van der Waals surface area contributed by atoms with Gasteiger partial charge in [0.25, 0.3) is 5.91 Å². The van der Waals surface area contributed by atoms with Crippen LogP contribution in [0.25, 0.3) is 0 Å². The highest BCUT2D eigenvalue weighted by Crippen LogP contribution is 2.15. The highest BCUT2D eigenvalue weighted by molar-refractivity contribution is 9.10. The molecule has 0 atom stereocenters. The Balaban J connectivity index is 1.66. The number of methoxy groups -OCH3 is 1. The fraction of sp³-hybridized carbons (Fsp3) is 0.211. The number of carbonyl (C=O) groups is 2. The van der Waals surface area contributed by atoms with Gasteiger partial charge in [-0.2, -0.15) is 5.10 Å². The molecule has 26 heavy (non-hydrogen) atoms. The first kappa shape index (κ1) is 19.7. The summed E-state index contributed by atoms with van der Waals surface area (Å²) in [6.45, 7) is 0.412. The van der Waals surface area contributed by atoms with E-state index in [9.17, 15) is 9.59 Å². The van der Waals surface area contributed by atoms with Crippen molar-refractivity contribution >= 4 is 34.0 Å². The SMILES string of the molecule is COc1ccc(C=NNC(=O)CCCNC(=O)c2ccccc2Br)cc1. The van der Waals surface area contributed by atoms with Gasteiger partial charge in [0.1, 0.15) is 5.75 Å². The third-order valence-electron chi connectivity index (χ3n) is 3.50. The average molecular weight is 418 g/mol. The van der Waals surface area contributed by atoms with E-state index in [4.69, 9.17) is 4.74 Å². The van der Waals surface area contributed by atoms with Crippen LogP contribution in [-0.2, 0) is 4.79 Å². The van der Waals surface area contributed by atoms with Crippen LogP contribution in [0.2, 0.25) is 0 Å². The van der Waals surface area contributed by atoms with Crippen molar-refractivity contribution in [1.29, 1.82) is 0 Å². The molecule has 0 heterocycles. The van der Waals surface area contributed by atoms with E-state index in [0.717, 1.165) is 15.8 Å². The number of hydrogen-bond donors (Lipinski definition) is 2. The molecule has 0 unspecified atom stereocenters. The number of rotatable bonds is 8. The molecule has 7 heteroatoms. The lowest BCUT2D eigenvalue weighted by atomic mass is 10.2. The molecule has 0 saturated heterocycles. The Morgan fingerprint density at radius 2 is 1.88 bits per heavy atom. The van der Waals surface area contributed by atoms with Crippen LogP contribution in [0, 0.1) is 0 Å². The summed E-state index contributed by atoms with van der Waals surface area (Å²) < 4.78 is 5.81. The summed E-state index contributed by atoms with van der Waals surface area (Å²) in [5.41, 5.74) is 3.89. The van der Waals surface area contributed by atoms with Crippen molar-refractivity contribution in [3.05, 3.63) is 64.1 Å². The van der Waals surface area contributed by atoms with Gasteiger partial charge in [0.05, 0.1) is 18.9 Å². The van der Waals surface area contributed by atoms with Gasteiger partial charge in [0, 0.05) is 17.4 Å². The Labute approximate surface area is 160 Å². The molecule has 0 aliphatic carbocycles. The molecule has 6 nitrogen and oxygen atoms in total. The molecule has 0 aliphatic heterocycles. The fourth-order valence-electron chi connectivity index (χ4n) is 2.12. The second kappa shape index (κ2) is 10.4. The Bertz CT molecular complexity index is 776. The van der Waals surface area contributed by atoms with Crippen molar-refractivity contribution in [3.8, 4) is 5.75 Å². The van der Waals surface area contributed by atoms with Crippen LogP contribution in [0.1, 0.15) is 28.8 Å². The van der Waals surface area contributed by atoms with Crippen LogP contribution < -0.4 is 15.5 Å². The average Bonchev–Trinajstić information content (AvgIpc) is 2.66. The van der Waals surface area contributed by atoms with Crippen molar-refractivity contribution in [2.75, 3.05) is 13.7 Å². The number of halogens is 1. The number of ether oxygens (including phenoxy) is 1. The first-order valence-corrected chi connectivity index (χ1v) is 8.88. The molecule has 0 fully saturated rings. The van der Waals surface area contributed by atoms with Gasteiger partial charge in [0.2, 0.25) is 5.91 Å². The molecule has 0 bridgehead atoms. The van der Waals surface area contributed by atoms with Crippen molar-refractivity contribution in [2.24, 2.45) is 5.10 Å². The van der Waals surface area contributed by atoms with Crippen LogP contribution >= 0.6 is 15.9 Å². The van der Waals surface area contributed by atoms with E-state index < -0.39 is 0 Å². The molecule has 0 radical (unpaired) electrons. The van der Waals surface area contributed by atoms with Gasteiger partial charge in [-0.25, -0.2) is 5.43 Å². The van der Waals surface area contributed by atoms with E-state index in [1.165, 1.54) is 0 Å². The number of benzene rings is 2. The molecule has 0 saturated carbocycles. The number of nitrogens with one attached hydrogen (secondary N) is 2. The largest absolute Gasteiger partial charge is 0.497 e. The van der Waals surface area contributed by atoms with E-state index in [-0.39, 0.29) is 18.2 Å². The first-order valence-electron chi connectivity index (χ1n) is 8.09. The maximum Gasteiger partial charge on any atom is 0.252 e. The van der Waals surface area contributed by atoms with Gasteiger partial charge < -0.3 is 10.1 Å². The normalized spacial score (nSPS) is 10.5. The molecule has 0 aromatic heterocycles. The third kappa shape index (κ3) is 6.33. The molecule has 2 aromatic carbocycles. The topological polar surface area (TPSA) is 79.8 Å². The predicted molar refractivity (Wildman–Crippen MR) is 104 cm³/mol. The molecule has 2 N–H and O–H groups in total. The van der Waals surface area contributed by atoms with Crippen molar-refractivity contribution in [3.63, 3.8) is 0 Å². The van der Waals surface area contributed by atoms with Gasteiger partial charge in [0.15, 0.2) is 0 Å². The number of hydrogen-bond acceptors (Lipinski definition) is 4. The molecule has 2 aromatic rings. The monoisotopic (exact) mass is 417 g/mol. The minimum Gasteiger partial charge on any atom is -0.497 e. The fourth-order valence-corrected chi connectivity index (χ4v) is 2.58. The highest BCUT2D eigenvalue weighted by atomic mass is 79.9. The highest BCUT2D eigenvalue weighted by Gasteiger charge is 2.08. The molecule has 136 valence electrons. The van der Waals surface area contributed by atoms with Gasteiger partial charge in [-0.3, -0.25) is 9.59 Å². The maximum absolute atomic E-state index is 12.0. The second-order valence-electron chi connectivity index (χ2n) is 5.41. The van der Waals surface area contributed by atoms with Crippen LogP contribution in [0.15, 0.2) is 58.1 Å². The number of amides is 2. The zero-order valence-electron chi connectivity index (χ0n) is 14.4. The van der Waals surface area contributed by atoms with Crippen molar-refractivity contribution < 1.29 is 14.3 Å². The Morgan fingerprint density at radius 1 is 1.15 bits per heavy atom. The Hall–Kier alpha value is -2.67. The lowest BCUT2D eigenvalue weighted by Crippen LogP contribution is -2.26. The Kier molecular flexibility index (Phi) is 7.82. The van der Waals surface area contributed by atoms with Gasteiger partial charge in [-0.15, -0.1) is 0 Å². The molecular weight excluding hydrogens is 398 g/mol. The van der Waals surface area contributed by atoms with Gasteiger partial charge in [-0.05, 0) is 64.3 Å². The molecule has 0 spiro atoms. The minimum atomic E-state index is -0.204. The summed E-state index contributed by atoms with van der Waals surface area (Å²) in [6.07, 6.45) is 2.36. The summed E-state index contributed by atoms with van der Waals surface area (Å²) >= 11 is 3.34. The Morgan fingerprint density at radius 3 is 2.58 bits per heavy atom. The van der Waals surface area contributed by atoms with Crippen molar-refractivity contribution in [1.82, 2.24) is 10.7 Å². The molecular formula is C19H20BrN3O3. The number of nitrogens with zero attached hydrogens (tertiary/aromatic N) is 1. The van der Waals surface area contributed by atoms with E-state index in [1.54, 1.807) is 25.5 Å². The van der Waals surface area contributed by atoms with E-state index in [0.29, 0.717) is 18.5 Å². The molecule has 2 amide bonds. The van der Waals surface area contributed by atoms with E-state index >= 15 is 0 Å². The molecule has 0 aliphatic rings. The summed E-state index contributed by atoms with van der Waals surface area (Å²) in [4.78, 5) is 23.7. The first-order chi connectivity index (χ1) is 12.6. The van der Waals surface area contributed by atoms with Crippen LogP contribution in [-0.4, -0.2) is 31.7 Å². The molecule has 2 rings (SSSR count). The third-order valence-corrected chi connectivity index (χ3v) is 4.19. The maximum atomic E-state index is 12.0. The standard InChI is InChI=1S/C19H20BrN3O3/c1-26-15-10-8-14(9-11-15)13-22-23-18(24)7-4-12-21-19(25)16-5-2-3-6-17(16)20/h2-3,5-6,8-11,13H,4,7,12H2,1H3,(H,21,25)(H,23,24). The van der Waals surface area contributed by atoms with E-state index in [1.807, 2.05) is 36.4 Å². The summed E-state index contributed by atoms with van der Waals surface area (Å²) in [5.74, 6) is 0.385. The number of carbonyl (C=O) groups excluding carboxylic acids is 2. The lowest BCUT2D eigenvalue weighted by molar-refractivity contribution is -0.121. The van der Waals surface area contributed by atoms with Crippen LogP contribution in [0.5, 0.6) is 5.75 Å². The van der Waals surface area contributed by atoms with Gasteiger partial charge >= 0.3 is 0 Å². The smallest absolute Gasteiger partial charge is 0.252 e. The second-order valence-corrected chi connectivity index (χ2v) is 6.26. The van der Waals surface area contributed by atoms with E-state index in [2.05, 4.69) is 31.8 Å². The summed E-state index contributed by atoms with van der Waals surface area (Å²) in [5, 5.41) is 6.70. The minimum absolute atomic E-state index is 0.171. The number of hydrazone groups is 1. The van der Waals surface area contributed by atoms with Gasteiger partial charge in [-0.1, -0.05) is 12.1 Å². The zero-order chi connectivity index (χ0) is 18.8. The quantitative estimate of drug-likeness (QED) is 0.393. The van der Waals surface area contributed by atoms with Crippen LogP contribution in [0.3, 0.4) is 0 Å².